The van der Waals surface area contributed by atoms with Crippen molar-refractivity contribution in [2.75, 3.05) is 5.01 Å². The number of para-hydroxylation sites is 3. The number of aryl methyl sites for hydroxylation is 1. The number of anilines is 2. The van der Waals surface area contributed by atoms with E-state index in [4.69, 9.17) is 5.10 Å². The fraction of sp³-hybridized carbons (Fsp3) is 0.0357. The second kappa shape index (κ2) is 8.33. The summed E-state index contributed by atoms with van der Waals surface area (Å²) in [5.74, 6) is 0. The first kappa shape index (κ1) is 18.9. The maximum Gasteiger partial charge on any atom is 0.0652 e. The Balaban J connectivity index is 1.46. The molecule has 0 unspecified atom stereocenters. The fourth-order valence-electron chi connectivity index (χ4n) is 3.89. The van der Waals surface area contributed by atoms with Gasteiger partial charge in [-0.2, -0.15) is 5.10 Å². The molecule has 0 aliphatic carbocycles. The molecular weight excluding hydrogens is 378 g/mol. The maximum absolute atomic E-state index is 4.80. The highest BCUT2D eigenvalue weighted by atomic mass is 15.5. The van der Waals surface area contributed by atoms with Crippen LogP contribution in [-0.2, 0) is 0 Å². The zero-order valence-corrected chi connectivity index (χ0v) is 17.4. The van der Waals surface area contributed by atoms with Crippen LogP contribution < -0.4 is 5.01 Å². The Morgan fingerprint density at radius 3 is 1.90 bits per heavy atom. The van der Waals surface area contributed by atoms with E-state index in [0.29, 0.717) is 0 Å². The summed E-state index contributed by atoms with van der Waals surface area (Å²) in [4.78, 5) is 0. The summed E-state index contributed by atoms with van der Waals surface area (Å²) < 4.78 is 2.29. The smallest absolute Gasteiger partial charge is 0.0652 e. The molecule has 0 aliphatic heterocycles. The molecule has 0 aliphatic rings. The highest BCUT2D eigenvalue weighted by Gasteiger charge is 2.08. The lowest BCUT2D eigenvalue weighted by molar-refractivity contribution is 1.05. The average molecular weight is 402 g/mol. The minimum Gasteiger partial charge on any atom is -0.314 e. The van der Waals surface area contributed by atoms with Gasteiger partial charge in [0.1, 0.15) is 0 Å². The summed E-state index contributed by atoms with van der Waals surface area (Å²) in [6.45, 7) is 2.15. The molecule has 0 bridgehead atoms. The van der Waals surface area contributed by atoms with E-state index in [-0.39, 0.29) is 0 Å². The number of nitrogens with zero attached hydrogens (tertiary/aromatic N) is 3. The van der Waals surface area contributed by atoms with Gasteiger partial charge in [0.15, 0.2) is 0 Å². The zero-order chi connectivity index (χ0) is 21.0. The highest BCUT2D eigenvalue weighted by molar-refractivity contribution is 5.84. The van der Waals surface area contributed by atoms with Gasteiger partial charge < -0.3 is 4.57 Å². The predicted octanol–water partition coefficient (Wildman–Crippen LogP) is 7.11. The van der Waals surface area contributed by atoms with E-state index in [1.165, 1.54) is 16.6 Å². The summed E-state index contributed by atoms with van der Waals surface area (Å²) in [5, 5.41) is 8.01. The van der Waals surface area contributed by atoms with Gasteiger partial charge in [0.25, 0.3) is 0 Å². The first-order valence-electron chi connectivity index (χ1n) is 10.4. The number of hydrogen-bond acceptors (Lipinski definition) is 2. The van der Waals surface area contributed by atoms with Crippen LogP contribution in [0, 0.1) is 6.92 Å². The standard InChI is InChI=1S/C28H23N3/c1-22-20-24-10-8-9-15-28(24)30(22)25-18-16-23(17-19-25)21-29-31(26-11-4-2-5-12-26)27-13-6-3-7-14-27/h2-21H,1H3/b29-21+. The van der Waals surface area contributed by atoms with E-state index in [2.05, 4.69) is 90.4 Å². The molecule has 31 heavy (non-hydrogen) atoms. The van der Waals surface area contributed by atoms with E-state index < -0.39 is 0 Å². The largest absolute Gasteiger partial charge is 0.314 e. The van der Waals surface area contributed by atoms with Crippen molar-refractivity contribution in [3.05, 3.63) is 127 Å². The SMILES string of the molecule is Cc1cc2ccccc2n1-c1ccc(/C=N/N(c2ccccc2)c2ccccc2)cc1. The summed E-state index contributed by atoms with van der Waals surface area (Å²) in [5.41, 5.74) is 6.70. The van der Waals surface area contributed by atoms with Crippen LogP contribution in [0.5, 0.6) is 0 Å². The number of rotatable bonds is 5. The Bertz CT molecular complexity index is 1280. The third-order valence-electron chi connectivity index (χ3n) is 5.37. The minimum absolute atomic E-state index is 1.02. The van der Waals surface area contributed by atoms with Crippen LogP contribution in [0.2, 0.25) is 0 Å². The van der Waals surface area contributed by atoms with E-state index in [1.54, 1.807) is 0 Å². The molecule has 0 amide bonds. The molecule has 0 saturated carbocycles. The molecule has 5 aromatic rings. The molecule has 1 aromatic heterocycles. The number of hydrogen-bond donors (Lipinski definition) is 0. The lowest BCUT2D eigenvalue weighted by atomic mass is 10.2. The number of benzene rings is 4. The Kier molecular flexibility index (Phi) is 5.07. The van der Waals surface area contributed by atoms with Gasteiger partial charge in [-0.3, -0.25) is 0 Å². The monoisotopic (exact) mass is 401 g/mol. The second-order valence-corrected chi connectivity index (χ2v) is 7.50. The van der Waals surface area contributed by atoms with Gasteiger partial charge in [0, 0.05) is 16.8 Å². The minimum atomic E-state index is 1.02. The van der Waals surface area contributed by atoms with Crippen LogP contribution in [0.3, 0.4) is 0 Å². The van der Waals surface area contributed by atoms with Gasteiger partial charge in [-0.05, 0) is 61.0 Å². The van der Waals surface area contributed by atoms with Gasteiger partial charge >= 0.3 is 0 Å². The van der Waals surface area contributed by atoms with Crippen LogP contribution in [-0.4, -0.2) is 10.8 Å². The van der Waals surface area contributed by atoms with Crippen molar-refractivity contribution in [3.63, 3.8) is 0 Å². The first-order chi connectivity index (χ1) is 15.3. The topological polar surface area (TPSA) is 20.5 Å². The van der Waals surface area contributed by atoms with E-state index in [0.717, 1.165) is 22.6 Å². The van der Waals surface area contributed by atoms with Gasteiger partial charge in [-0.15, -0.1) is 0 Å². The van der Waals surface area contributed by atoms with Crippen molar-refractivity contribution >= 4 is 28.5 Å². The van der Waals surface area contributed by atoms with Crippen molar-refractivity contribution in [1.29, 1.82) is 0 Å². The van der Waals surface area contributed by atoms with Crippen LogP contribution in [0.1, 0.15) is 11.3 Å². The van der Waals surface area contributed by atoms with Crippen molar-refractivity contribution in [1.82, 2.24) is 4.57 Å². The number of hydrazone groups is 1. The summed E-state index contributed by atoms with van der Waals surface area (Å²) in [6.07, 6.45) is 1.91. The second-order valence-electron chi connectivity index (χ2n) is 7.50. The molecule has 0 spiro atoms. The highest BCUT2D eigenvalue weighted by Crippen LogP contribution is 2.26. The first-order valence-corrected chi connectivity index (χ1v) is 10.4. The molecular formula is C28H23N3. The third kappa shape index (κ3) is 3.86. The van der Waals surface area contributed by atoms with Crippen molar-refractivity contribution < 1.29 is 0 Å². The average Bonchev–Trinajstić information content (AvgIpc) is 3.17. The molecule has 1 heterocycles. The Morgan fingerprint density at radius 1 is 0.677 bits per heavy atom. The van der Waals surface area contributed by atoms with Crippen LogP contribution in [0.4, 0.5) is 11.4 Å². The summed E-state index contributed by atoms with van der Waals surface area (Å²) in [7, 11) is 0. The van der Waals surface area contributed by atoms with Gasteiger partial charge in [-0.25, -0.2) is 5.01 Å². The molecule has 0 N–H and O–H groups in total. The molecule has 3 nitrogen and oxygen atoms in total. The van der Waals surface area contributed by atoms with Crippen LogP contribution >= 0.6 is 0 Å². The van der Waals surface area contributed by atoms with E-state index in [1.807, 2.05) is 47.6 Å². The molecule has 150 valence electrons. The van der Waals surface area contributed by atoms with E-state index >= 15 is 0 Å². The summed E-state index contributed by atoms with van der Waals surface area (Å²) >= 11 is 0. The Hall–Kier alpha value is -4.11. The quantitative estimate of drug-likeness (QED) is 0.227. The molecule has 5 rings (SSSR count). The fourth-order valence-corrected chi connectivity index (χ4v) is 3.89. The molecule has 0 saturated heterocycles. The number of fused-ring (bicyclic) bond motifs is 1. The zero-order valence-electron chi connectivity index (χ0n) is 17.4. The third-order valence-corrected chi connectivity index (χ3v) is 5.37. The van der Waals surface area contributed by atoms with Crippen molar-refractivity contribution in [3.8, 4) is 5.69 Å². The lowest BCUT2D eigenvalue weighted by Crippen LogP contribution is -2.09. The number of aromatic nitrogens is 1. The molecule has 0 radical (unpaired) electrons. The predicted molar refractivity (Wildman–Crippen MR) is 131 cm³/mol. The summed E-state index contributed by atoms with van der Waals surface area (Å²) in [6, 6.07) is 39.6. The Labute approximate surface area is 182 Å². The van der Waals surface area contributed by atoms with Crippen molar-refractivity contribution in [2.24, 2.45) is 5.10 Å². The van der Waals surface area contributed by atoms with Gasteiger partial charge in [-0.1, -0.05) is 66.7 Å². The van der Waals surface area contributed by atoms with Crippen LogP contribution in [0.15, 0.2) is 120 Å². The molecule has 3 heteroatoms. The van der Waals surface area contributed by atoms with Gasteiger partial charge in [0.2, 0.25) is 0 Å². The molecule has 0 fully saturated rings. The normalized spacial score (nSPS) is 11.3. The molecule has 0 atom stereocenters. The van der Waals surface area contributed by atoms with Gasteiger partial charge in [0.05, 0.1) is 23.1 Å². The lowest BCUT2D eigenvalue weighted by Gasteiger charge is -2.19. The van der Waals surface area contributed by atoms with Crippen LogP contribution in [0.25, 0.3) is 16.6 Å². The maximum atomic E-state index is 4.80. The van der Waals surface area contributed by atoms with Crippen molar-refractivity contribution in [2.45, 2.75) is 6.92 Å². The van der Waals surface area contributed by atoms with E-state index in [9.17, 15) is 0 Å². The molecule has 4 aromatic carbocycles. The Morgan fingerprint density at radius 2 is 1.26 bits per heavy atom.